The summed E-state index contributed by atoms with van der Waals surface area (Å²) < 4.78 is 0. The van der Waals surface area contributed by atoms with E-state index in [4.69, 9.17) is 11.6 Å². The smallest absolute Gasteiger partial charge is 0.246 e. The van der Waals surface area contributed by atoms with Gasteiger partial charge in [-0.15, -0.1) is 0 Å². The average molecular weight is 571 g/mol. The minimum Gasteiger partial charge on any atom is -0.337 e. The molecule has 0 saturated heterocycles. The molecule has 2 amide bonds. The quantitative estimate of drug-likeness (QED) is 0.332. The highest BCUT2D eigenvalue weighted by Gasteiger charge is 2.35. The molecule has 0 radical (unpaired) electrons. The van der Waals surface area contributed by atoms with Gasteiger partial charge in [0, 0.05) is 55.9 Å². The van der Waals surface area contributed by atoms with Crippen LogP contribution in [0.5, 0.6) is 0 Å². The largest absolute Gasteiger partial charge is 0.337 e. The van der Waals surface area contributed by atoms with E-state index in [0.29, 0.717) is 19.6 Å². The molecule has 1 fully saturated rings. The Morgan fingerprint density at radius 1 is 0.805 bits per heavy atom. The fourth-order valence-electron chi connectivity index (χ4n) is 5.56. The summed E-state index contributed by atoms with van der Waals surface area (Å²) in [4.78, 5) is 35.0. The van der Waals surface area contributed by atoms with Gasteiger partial charge < -0.3 is 9.80 Å². The lowest BCUT2D eigenvalue weighted by atomic mass is 10.1. The third-order valence-corrected chi connectivity index (χ3v) is 8.12. The molecule has 8 nitrogen and oxygen atoms in total. The summed E-state index contributed by atoms with van der Waals surface area (Å²) in [5.41, 5.74) is 4.64. The lowest BCUT2D eigenvalue weighted by Gasteiger charge is -2.32. The Kier molecular flexibility index (Phi) is 8.30. The van der Waals surface area contributed by atoms with Gasteiger partial charge in [0.1, 0.15) is 17.6 Å². The van der Waals surface area contributed by atoms with Gasteiger partial charge in [0.05, 0.1) is 0 Å². The first-order valence-corrected chi connectivity index (χ1v) is 14.8. The number of anilines is 1. The monoisotopic (exact) mass is 570 g/mol. The first-order valence-electron chi connectivity index (χ1n) is 14.5. The fraction of sp³-hybridized carbons (Fsp3) is 0.375. The highest BCUT2D eigenvalue weighted by Crippen LogP contribution is 2.34. The van der Waals surface area contributed by atoms with Crippen LogP contribution in [0.3, 0.4) is 0 Å². The van der Waals surface area contributed by atoms with Crippen molar-refractivity contribution in [2.45, 2.75) is 45.3 Å². The predicted octanol–water partition coefficient (Wildman–Crippen LogP) is 5.15. The Bertz CT molecular complexity index is 1480. The summed E-state index contributed by atoms with van der Waals surface area (Å²) in [7, 11) is 0. The molecule has 212 valence electrons. The van der Waals surface area contributed by atoms with Crippen molar-refractivity contribution in [3.8, 4) is 0 Å². The predicted molar refractivity (Wildman–Crippen MR) is 160 cm³/mol. The van der Waals surface area contributed by atoms with Gasteiger partial charge in [-0.25, -0.2) is 0 Å². The van der Waals surface area contributed by atoms with Crippen molar-refractivity contribution in [1.82, 2.24) is 24.8 Å². The van der Waals surface area contributed by atoms with Crippen LogP contribution in [0.25, 0.3) is 11.0 Å². The number of carbonyl (C=O) groups is 2. The molecule has 6 rings (SSSR count). The lowest BCUT2D eigenvalue weighted by Crippen LogP contribution is -2.40. The topological polar surface area (TPSA) is 74.6 Å². The molecule has 1 aliphatic carbocycles. The first kappa shape index (κ1) is 27.4. The summed E-state index contributed by atoms with van der Waals surface area (Å²) in [6.45, 7) is 4.24. The number of nitrogens with zero attached hydrogens (tertiary/aromatic N) is 6. The van der Waals surface area contributed by atoms with Gasteiger partial charge in [0.2, 0.25) is 11.8 Å². The maximum absolute atomic E-state index is 13.7. The van der Waals surface area contributed by atoms with Gasteiger partial charge in [0.25, 0.3) is 0 Å². The van der Waals surface area contributed by atoms with E-state index in [1.54, 1.807) is 0 Å². The molecule has 1 aliphatic heterocycles. The molecule has 2 heterocycles. The van der Waals surface area contributed by atoms with E-state index in [2.05, 4.69) is 27.2 Å². The molecule has 0 bridgehead atoms. The van der Waals surface area contributed by atoms with Crippen molar-refractivity contribution in [3.63, 3.8) is 0 Å². The zero-order chi connectivity index (χ0) is 28.2. The molecular formula is C32H35ClN6O2. The minimum absolute atomic E-state index is 0.0403. The van der Waals surface area contributed by atoms with Crippen LogP contribution >= 0.6 is 11.6 Å². The van der Waals surface area contributed by atoms with Gasteiger partial charge in [-0.3, -0.25) is 14.5 Å². The van der Waals surface area contributed by atoms with E-state index in [1.807, 2.05) is 70.5 Å². The van der Waals surface area contributed by atoms with Crippen molar-refractivity contribution < 1.29 is 9.59 Å². The summed E-state index contributed by atoms with van der Waals surface area (Å²) in [6, 6.07) is 23.6. The van der Waals surface area contributed by atoms with Gasteiger partial charge >= 0.3 is 0 Å². The average Bonchev–Trinajstić information content (AvgIpc) is 3.74. The van der Waals surface area contributed by atoms with Gasteiger partial charge in [-0.2, -0.15) is 15.0 Å². The van der Waals surface area contributed by atoms with Crippen LogP contribution in [0.1, 0.15) is 36.8 Å². The Morgan fingerprint density at radius 3 is 2.17 bits per heavy atom. The third-order valence-electron chi connectivity index (χ3n) is 7.87. The standard InChI is InChI=1S/C32H35ClN6O2/c33-27-15-11-24(12-16-27)21-36-17-5-19-37(31(40)23-39-34-28-8-2-3-9-29(28)35-39)22-26-7-1-4-10-30(26)38(20-6-18-36)32(41)25-13-14-25/h1-4,7-12,15-16,25H,5-6,13-14,17-23H2. The number of halogens is 1. The second kappa shape index (κ2) is 12.4. The number of hydrogen-bond donors (Lipinski definition) is 0. The maximum Gasteiger partial charge on any atom is 0.246 e. The normalized spacial score (nSPS) is 17.1. The van der Waals surface area contributed by atoms with Crippen LogP contribution in [0.4, 0.5) is 5.69 Å². The Labute approximate surface area is 245 Å². The summed E-state index contributed by atoms with van der Waals surface area (Å²) >= 11 is 6.12. The molecule has 4 aromatic rings. The number of rotatable bonds is 5. The van der Waals surface area contributed by atoms with E-state index < -0.39 is 0 Å². The van der Waals surface area contributed by atoms with Gasteiger partial charge in [-0.05, 0) is 67.1 Å². The molecular weight excluding hydrogens is 536 g/mol. The Balaban J connectivity index is 1.26. The number of aromatic nitrogens is 3. The number of hydrogen-bond acceptors (Lipinski definition) is 5. The van der Waals surface area contributed by atoms with Crippen molar-refractivity contribution in [2.75, 3.05) is 31.1 Å². The van der Waals surface area contributed by atoms with Crippen LogP contribution in [0.15, 0.2) is 72.8 Å². The summed E-state index contributed by atoms with van der Waals surface area (Å²) in [5.74, 6) is 0.268. The van der Waals surface area contributed by atoms with Crippen LogP contribution < -0.4 is 4.90 Å². The second-order valence-electron chi connectivity index (χ2n) is 11.0. The van der Waals surface area contributed by atoms with Crippen LogP contribution in [-0.2, 0) is 29.2 Å². The molecule has 0 spiro atoms. The molecule has 1 saturated carbocycles. The van der Waals surface area contributed by atoms with E-state index >= 15 is 0 Å². The minimum atomic E-state index is -0.0403. The lowest BCUT2D eigenvalue weighted by molar-refractivity contribution is -0.133. The number of fused-ring (bicyclic) bond motifs is 2. The Morgan fingerprint density at radius 2 is 1.46 bits per heavy atom. The van der Waals surface area contributed by atoms with Crippen LogP contribution in [-0.4, -0.2) is 62.8 Å². The molecule has 2 aliphatic rings. The molecule has 0 unspecified atom stereocenters. The maximum atomic E-state index is 13.7. The van der Waals surface area contributed by atoms with Gasteiger partial charge in [-0.1, -0.05) is 54.1 Å². The number of amides is 2. The van der Waals surface area contributed by atoms with Crippen LogP contribution in [0, 0.1) is 5.92 Å². The second-order valence-corrected chi connectivity index (χ2v) is 11.5. The van der Waals surface area contributed by atoms with Gasteiger partial charge in [0.15, 0.2) is 0 Å². The Hall–Kier alpha value is -3.75. The van der Waals surface area contributed by atoms with E-state index in [0.717, 1.165) is 72.6 Å². The molecule has 0 N–H and O–H groups in total. The number of benzene rings is 3. The number of carbonyl (C=O) groups excluding carboxylic acids is 2. The molecule has 1 aromatic heterocycles. The van der Waals surface area contributed by atoms with Crippen molar-refractivity contribution in [1.29, 1.82) is 0 Å². The first-order chi connectivity index (χ1) is 20.0. The number of para-hydroxylation sites is 1. The molecule has 3 aromatic carbocycles. The highest BCUT2D eigenvalue weighted by molar-refractivity contribution is 6.30. The zero-order valence-corrected chi connectivity index (χ0v) is 23.9. The van der Waals surface area contributed by atoms with Crippen LogP contribution in [0.2, 0.25) is 5.02 Å². The van der Waals surface area contributed by atoms with E-state index in [1.165, 1.54) is 10.4 Å². The summed E-state index contributed by atoms with van der Waals surface area (Å²) in [5, 5.41) is 9.74. The van der Waals surface area contributed by atoms with E-state index in [9.17, 15) is 9.59 Å². The summed E-state index contributed by atoms with van der Waals surface area (Å²) in [6.07, 6.45) is 3.62. The highest BCUT2D eigenvalue weighted by atomic mass is 35.5. The molecule has 41 heavy (non-hydrogen) atoms. The van der Waals surface area contributed by atoms with Crippen molar-refractivity contribution in [3.05, 3.63) is 88.9 Å². The van der Waals surface area contributed by atoms with Crippen molar-refractivity contribution in [2.24, 2.45) is 5.92 Å². The van der Waals surface area contributed by atoms with E-state index in [-0.39, 0.29) is 24.3 Å². The third kappa shape index (κ3) is 6.77. The zero-order valence-electron chi connectivity index (χ0n) is 23.2. The van der Waals surface area contributed by atoms with Crippen molar-refractivity contribution >= 4 is 40.1 Å². The SMILES string of the molecule is O=C(Cn1nc2ccccc2n1)N1CCCN(Cc2ccc(Cl)cc2)CCCN(C(=O)C2CC2)c2ccccc2C1. The fourth-order valence-corrected chi connectivity index (χ4v) is 5.68. The molecule has 0 atom stereocenters. The molecule has 9 heteroatoms.